The van der Waals surface area contributed by atoms with Gasteiger partial charge in [-0.05, 0) is 37.6 Å². The highest BCUT2D eigenvalue weighted by Gasteiger charge is 2.69. The summed E-state index contributed by atoms with van der Waals surface area (Å²) in [7, 11) is 0. The van der Waals surface area contributed by atoms with Crippen LogP contribution in [0.3, 0.4) is 0 Å². The van der Waals surface area contributed by atoms with Crippen molar-refractivity contribution in [2.75, 3.05) is 19.8 Å². The Kier molecular flexibility index (Phi) is 5.32. The highest BCUT2D eigenvalue weighted by Crippen LogP contribution is 2.57. The van der Waals surface area contributed by atoms with Gasteiger partial charge in [0.2, 0.25) is 11.8 Å². The molecule has 5 rings (SSSR count). The summed E-state index contributed by atoms with van der Waals surface area (Å²) >= 11 is 6.28. The largest absolute Gasteiger partial charge is 0.493 e. The second kappa shape index (κ2) is 8.06. The number of fused-ring (bicyclic) bond motifs is 5. The van der Waals surface area contributed by atoms with Gasteiger partial charge in [0.25, 0.3) is 0 Å². The van der Waals surface area contributed by atoms with E-state index in [2.05, 4.69) is 0 Å². The van der Waals surface area contributed by atoms with Crippen molar-refractivity contribution in [3.05, 3.63) is 64.7 Å². The van der Waals surface area contributed by atoms with Crippen LogP contribution in [-0.4, -0.2) is 52.9 Å². The first kappa shape index (κ1) is 21.8. The van der Waals surface area contributed by atoms with E-state index in [-0.39, 0.29) is 31.6 Å². The summed E-state index contributed by atoms with van der Waals surface area (Å²) in [5.41, 5.74) is 0.243. The van der Waals surface area contributed by atoms with Crippen LogP contribution in [-0.2, 0) is 25.7 Å². The molecule has 2 amide bonds. The van der Waals surface area contributed by atoms with E-state index in [4.69, 9.17) is 21.1 Å². The molecule has 0 N–H and O–H groups in total. The molecule has 0 radical (unpaired) electrons. The fourth-order valence-electron chi connectivity index (χ4n) is 5.70. The number of hydrogen-bond donors (Lipinski definition) is 0. The van der Waals surface area contributed by atoms with Crippen molar-refractivity contribution in [2.45, 2.75) is 32.0 Å². The Morgan fingerprint density at radius 2 is 1.97 bits per heavy atom. The van der Waals surface area contributed by atoms with Gasteiger partial charge in [0, 0.05) is 23.0 Å². The van der Waals surface area contributed by atoms with E-state index in [0.29, 0.717) is 17.3 Å². The second-order valence-corrected chi connectivity index (χ2v) is 9.33. The van der Waals surface area contributed by atoms with Crippen LogP contribution >= 0.6 is 11.6 Å². The first-order valence-electron chi connectivity index (χ1n) is 11.1. The maximum Gasteiger partial charge on any atom is 0.312 e. The Bertz CT molecular complexity index is 1120. The fraction of sp³-hybridized carbons (Fsp3) is 0.400. The number of halogens is 1. The molecule has 0 saturated carbocycles. The number of esters is 1. The van der Waals surface area contributed by atoms with Gasteiger partial charge in [0.15, 0.2) is 0 Å². The third-order valence-corrected chi connectivity index (χ3v) is 7.25. The molecule has 0 spiro atoms. The minimum absolute atomic E-state index is 0.0567. The predicted molar refractivity (Wildman–Crippen MR) is 120 cm³/mol. The molecule has 3 heterocycles. The number of benzene rings is 2. The van der Waals surface area contributed by atoms with Crippen LogP contribution in [0.15, 0.2) is 48.5 Å². The SMILES string of the molecule is CCOC(=O)C1C2COc3ccc(Cl)cc3C2N2C(=O)CN(Cc3ccccc3)C(=O)[C@@]12C. The molecule has 0 aliphatic carbocycles. The number of carbonyl (C=O) groups excluding carboxylic acids is 3. The van der Waals surface area contributed by atoms with Gasteiger partial charge in [-0.15, -0.1) is 0 Å². The molecule has 0 bridgehead atoms. The lowest BCUT2D eigenvalue weighted by Gasteiger charge is -2.47. The van der Waals surface area contributed by atoms with E-state index in [1.165, 1.54) is 4.90 Å². The third-order valence-electron chi connectivity index (χ3n) is 7.01. The van der Waals surface area contributed by atoms with Gasteiger partial charge in [-0.25, -0.2) is 0 Å². The quantitative estimate of drug-likeness (QED) is 0.644. The highest BCUT2D eigenvalue weighted by atomic mass is 35.5. The second-order valence-electron chi connectivity index (χ2n) is 8.89. The van der Waals surface area contributed by atoms with Gasteiger partial charge >= 0.3 is 5.97 Å². The van der Waals surface area contributed by atoms with E-state index in [1.807, 2.05) is 30.3 Å². The number of amides is 2. The average molecular weight is 469 g/mol. The molecular formula is C25H25ClN2O5. The standard InChI is InChI=1S/C25H25ClN2O5/c1-3-32-23(30)21-18-14-33-19-10-9-16(26)11-17(19)22(18)28-20(29)13-27(24(31)25(21,28)2)12-15-7-5-4-6-8-15/h4-11,18,21-22H,3,12-14H2,1-2H3/t18?,21?,22?,25-/m1/s1. The molecule has 2 saturated heterocycles. The Labute approximate surface area is 197 Å². The summed E-state index contributed by atoms with van der Waals surface area (Å²) < 4.78 is 11.4. The Morgan fingerprint density at radius 1 is 1.21 bits per heavy atom. The van der Waals surface area contributed by atoms with Crippen LogP contribution in [0, 0.1) is 11.8 Å². The van der Waals surface area contributed by atoms with Crippen molar-refractivity contribution >= 4 is 29.4 Å². The fourth-order valence-corrected chi connectivity index (χ4v) is 5.88. The lowest BCUT2D eigenvalue weighted by Crippen LogP contribution is -2.67. The van der Waals surface area contributed by atoms with Gasteiger partial charge < -0.3 is 19.3 Å². The zero-order chi connectivity index (χ0) is 23.3. The van der Waals surface area contributed by atoms with Crippen molar-refractivity contribution in [1.82, 2.24) is 9.80 Å². The van der Waals surface area contributed by atoms with Crippen molar-refractivity contribution in [3.63, 3.8) is 0 Å². The Morgan fingerprint density at radius 3 is 2.70 bits per heavy atom. The van der Waals surface area contributed by atoms with Gasteiger partial charge in [-0.3, -0.25) is 14.4 Å². The zero-order valence-corrected chi connectivity index (χ0v) is 19.2. The molecular weight excluding hydrogens is 444 g/mol. The minimum Gasteiger partial charge on any atom is -0.493 e. The molecule has 3 unspecified atom stereocenters. The molecule has 172 valence electrons. The van der Waals surface area contributed by atoms with Crippen LogP contribution < -0.4 is 4.74 Å². The predicted octanol–water partition coefficient (Wildman–Crippen LogP) is 3.21. The summed E-state index contributed by atoms with van der Waals surface area (Å²) in [6, 6.07) is 14.3. The number of carbonyl (C=O) groups is 3. The van der Waals surface area contributed by atoms with Crippen LogP contribution in [0.1, 0.15) is 31.0 Å². The van der Waals surface area contributed by atoms with Crippen LogP contribution in [0.4, 0.5) is 0 Å². The zero-order valence-electron chi connectivity index (χ0n) is 18.5. The summed E-state index contributed by atoms with van der Waals surface area (Å²) in [5.74, 6) is -1.63. The Hall–Kier alpha value is -3.06. The van der Waals surface area contributed by atoms with E-state index in [0.717, 1.165) is 11.1 Å². The van der Waals surface area contributed by atoms with E-state index >= 15 is 0 Å². The number of hydrogen-bond acceptors (Lipinski definition) is 5. The Balaban J connectivity index is 1.61. The molecule has 3 aliphatic rings. The molecule has 33 heavy (non-hydrogen) atoms. The minimum atomic E-state index is -1.39. The van der Waals surface area contributed by atoms with Crippen molar-refractivity contribution in [1.29, 1.82) is 0 Å². The van der Waals surface area contributed by atoms with Crippen LogP contribution in [0.2, 0.25) is 5.02 Å². The average Bonchev–Trinajstić information content (AvgIpc) is 3.08. The van der Waals surface area contributed by atoms with E-state index in [9.17, 15) is 14.4 Å². The lowest BCUT2D eigenvalue weighted by atomic mass is 9.77. The van der Waals surface area contributed by atoms with Crippen molar-refractivity contribution < 1.29 is 23.9 Å². The van der Waals surface area contributed by atoms with Crippen molar-refractivity contribution in [3.8, 4) is 5.75 Å². The van der Waals surface area contributed by atoms with Gasteiger partial charge in [-0.1, -0.05) is 41.9 Å². The van der Waals surface area contributed by atoms with Crippen molar-refractivity contribution in [2.24, 2.45) is 11.8 Å². The van der Waals surface area contributed by atoms with E-state index < -0.39 is 29.4 Å². The summed E-state index contributed by atoms with van der Waals surface area (Å²) in [4.78, 5) is 44.0. The molecule has 3 aliphatic heterocycles. The topological polar surface area (TPSA) is 76.2 Å². The van der Waals surface area contributed by atoms with Gasteiger partial charge in [0.1, 0.15) is 17.8 Å². The normalized spacial score (nSPS) is 28.0. The van der Waals surface area contributed by atoms with Gasteiger partial charge in [0.05, 0.1) is 25.2 Å². The summed E-state index contributed by atoms with van der Waals surface area (Å²) in [5, 5.41) is 0.501. The maximum absolute atomic E-state index is 14.0. The molecule has 0 aromatic heterocycles. The van der Waals surface area contributed by atoms with Gasteiger partial charge in [-0.2, -0.15) is 0 Å². The number of piperazine rings is 1. The molecule has 4 atom stereocenters. The number of nitrogens with zero attached hydrogens (tertiary/aromatic N) is 2. The van der Waals surface area contributed by atoms with Crippen LogP contribution in [0.25, 0.3) is 0 Å². The van der Waals surface area contributed by atoms with E-state index in [1.54, 1.807) is 36.9 Å². The first-order chi connectivity index (χ1) is 15.9. The monoisotopic (exact) mass is 468 g/mol. The maximum atomic E-state index is 14.0. The molecule has 2 fully saturated rings. The molecule has 2 aromatic rings. The van der Waals surface area contributed by atoms with Crippen LogP contribution in [0.5, 0.6) is 5.75 Å². The highest BCUT2D eigenvalue weighted by molar-refractivity contribution is 6.30. The number of rotatable bonds is 4. The first-order valence-corrected chi connectivity index (χ1v) is 11.5. The molecule has 8 heteroatoms. The lowest BCUT2D eigenvalue weighted by molar-refractivity contribution is -0.170. The smallest absolute Gasteiger partial charge is 0.312 e. The summed E-state index contributed by atoms with van der Waals surface area (Å²) in [6.45, 7) is 4.04. The third kappa shape index (κ3) is 3.29. The molecule has 7 nitrogen and oxygen atoms in total. The molecule has 2 aromatic carbocycles. The number of ether oxygens (including phenoxy) is 2. The summed E-state index contributed by atoms with van der Waals surface area (Å²) in [6.07, 6.45) is 0.